The molecule has 0 spiro atoms. The highest BCUT2D eigenvalue weighted by atomic mass is 16.5. The third-order valence-electron chi connectivity index (χ3n) is 3.03. The molecule has 0 unspecified atom stereocenters. The molecule has 18 heavy (non-hydrogen) atoms. The first-order valence-corrected chi connectivity index (χ1v) is 5.88. The highest BCUT2D eigenvalue weighted by molar-refractivity contribution is 5.93. The van der Waals surface area contributed by atoms with Crippen LogP contribution in [-0.2, 0) is 4.74 Å². The van der Waals surface area contributed by atoms with Gasteiger partial charge < -0.3 is 4.74 Å². The highest BCUT2D eigenvalue weighted by Crippen LogP contribution is 2.25. The van der Waals surface area contributed by atoms with E-state index in [1.807, 2.05) is 44.2 Å². The van der Waals surface area contributed by atoms with Gasteiger partial charge in [-0.2, -0.15) is 0 Å². The maximum atomic E-state index is 11.7. The minimum Gasteiger partial charge on any atom is -0.465 e. The van der Waals surface area contributed by atoms with E-state index in [4.69, 9.17) is 4.74 Å². The zero-order valence-corrected chi connectivity index (χ0v) is 10.9. The molecular weight excluding hydrogens is 224 g/mol. The van der Waals surface area contributed by atoms with Gasteiger partial charge in [0.1, 0.15) is 0 Å². The minimum absolute atomic E-state index is 0.274. The van der Waals surface area contributed by atoms with E-state index < -0.39 is 0 Å². The summed E-state index contributed by atoms with van der Waals surface area (Å²) in [5.74, 6) is -0.274. The summed E-state index contributed by atoms with van der Waals surface area (Å²) in [6, 6.07) is 14.2. The van der Waals surface area contributed by atoms with Gasteiger partial charge in [-0.15, -0.1) is 0 Å². The van der Waals surface area contributed by atoms with Crippen LogP contribution in [-0.4, -0.2) is 13.1 Å². The fourth-order valence-electron chi connectivity index (χ4n) is 2.18. The third-order valence-corrected chi connectivity index (χ3v) is 3.03. The van der Waals surface area contributed by atoms with Gasteiger partial charge in [-0.1, -0.05) is 42.5 Å². The Labute approximate surface area is 107 Å². The molecule has 2 aromatic carbocycles. The number of carbonyl (C=O) groups excluding carboxylic acids is 1. The van der Waals surface area contributed by atoms with Crippen molar-refractivity contribution < 1.29 is 9.53 Å². The first-order valence-electron chi connectivity index (χ1n) is 5.88. The topological polar surface area (TPSA) is 26.3 Å². The van der Waals surface area contributed by atoms with E-state index in [-0.39, 0.29) is 5.97 Å². The molecule has 2 rings (SSSR count). The number of ether oxygens (including phenoxy) is 1. The maximum absolute atomic E-state index is 11.7. The number of hydrogen-bond acceptors (Lipinski definition) is 2. The fourth-order valence-corrected chi connectivity index (χ4v) is 2.18. The first-order chi connectivity index (χ1) is 8.63. The van der Waals surface area contributed by atoms with Crippen LogP contribution in [0.5, 0.6) is 0 Å². The zero-order valence-electron chi connectivity index (χ0n) is 10.9. The van der Waals surface area contributed by atoms with Crippen molar-refractivity contribution in [3.8, 4) is 11.1 Å². The summed E-state index contributed by atoms with van der Waals surface area (Å²) in [5.41, 5.74) is 4.83. The lowest BCUT2D eigenvalue weighted by Gasteiger charge is -2.11. The molecule has 0 N–H and O–H groups in total. The molecule has 2 aromatic rings. The number of benzene rings is 2. The Morgan fingerprint density at radius 2 is 1.50 bits per heavy atom. The Hall–Kier alpha value is -2.09. The average Bonchev–Trinajstić information content (AvgIpc) is 2.38. The zero-order chi connectivity index (χ0) is 13.1. The molecule has 92 valence electrons. The lowest BCUT2D eigenvalue weighted by molar-refractivity contribution is 0.0599. The number of methoxy groups -OCH3 is 1. The van der Waals surface area contributed by atoms with Crippen LogP contribution >= 0.6 is 0 Å². The van der Waals surface area contributed by atoms with Crippen LogP contribution in [0.4, 0.5) is 0 Å². The smallest absolute Gasteiger partial charge is 0.338 e. The molecule has 0 aromatic heterocycles. The number of esters is 1. The second-order valence-corrected chi connectivity index (χ2v) is 4.34. The SMILES string of the molecule is COC(=O)c1c(C)cc(-c2ccccc2)cc1C. The van der Waals surface area contributed by atoms with E-state index in [0.717, 1.165) is 22.3 Å². The Morgan fingerprint density at radius 3 is 2.00 bits per heavy atom. The standard InChI is InChI=1S/C16H16O2/c1-11-9-14(13-7-5-4-6-8-13)10-12(2)15(11)16(17)18-3/h4-10H,1-3H3. The van der Waals surface area contributed by atoms with Gasteiger partial charge in [-0.05, 0) is 36.1 Å². The van der Waals surface area contributed by atoms with Crippen molar-refractivity contribution in [2.45, 2.75) is 13.8 Å². The summed E-state index contributed by atoms with van der Waals surface area (Å²) in [6.45, 7) is 3.87. The van der Waals surface area contributed by atoms with Gasteiger partial charge in [0.15, 0.2) is 0 Å². The van der Waals surface area contributed by atoms with E-state index in [1.54, 1.807) is 0 Å². The molecule has 0 aliphatic heterocycles. The summed E-state index contributed by atoms with van der Waals surface area (Å²) in [5, 5.41) is 0. The quantitative estimate of drug-likeness (QED) is 0.747. The monoisotopic (exact) mass is 240 g/mol. The summed E-state index contributed by atoms with van der Waals surface area (Å²) in [7, 11) is 1.41. The summed E-state index contributed by atoms with van der Waals surface area (Å²) < 4.78 is 4.80. The molecule has 0 aliphatic carbocycles. The molecule has 2 nitrogen and oxygen atoms in total. The van der Waals surface area contributed by atoms with Gasteiger partial charge in [-0.3, -0.25) is 0 Å². The molecule has 0 fully saturated rings. The molecule has 0 saturated carbocycles. The van der Waals surface area contributed by atoms with Crippen molar-refractivity contribution in [1.29, 1.82) is 0 Å². The van der Waals surface area contributed by atoms with Crippen LogP contribution in [0.15, 0.2) is 42.5 Å². The van der Waals surface area contributed by atoms with E-state index in [0.29, 0.717) is 5.56 Å². The molecule has 0 aliphatic rings. The molecule has 0 atom stereocenters. The van der Waals surface area contributed by atoms with Crippen LogP contribution in [0.2, 0.25) is 0 Å². The number of carbonyl (C=O) groups is 1. The Morgan fingerprint density at radius 1 is 0.944 bits per heavy atom. The van der Waals surface area contributed by atoms with Crippen molar-refractivity contribution >= 4 is 5.97 Å². The second kappa shape index (κ2) is 5.05. The van der Waals surface area contributed by atoms with Crippen molar-refractivity contribution in [2.75, 3.05) is 7.11 Å². The van der Waals surface area contributed by atoms with Crippen molar-refractivity contribution in [3.63, 3.8) is 0 Å². The van der Waals surface area contributed by atoms with Crippen LogP contribution in [0, 0.1) is 13.8 Å². The number of hydrogen-bond donors (Lipinski definition) is 0. The predicted octanol–water partition coefficient (Wildman–Crippen LogP) is 3.76. The third kappa shape index (κ3) is 2.28. The van der Waals surface area contributed by atoms with Gasteiger partial charge in [-0.25, -0.2) is 4.79 Å². The molecular formula is C16H16O2. The lowest BCUT2D eigenvalue weighted by atomic mass is 9.96. The number of rotatable bonds is 2. The van der Waals surface area contributed by atoms with Gasteiger partial charge >= 0.3 is 5.97 Å². The largest absolute Gasteiger partial charge is 0.465 e. The van der Waals surface area contributed by atoms with Gasteiger partial charge in [0, 0.05) is 0 Å². The van der Waals surface area contributed by atoms with E-state index in [9.17, 15) is 4.79 Å². The summed E-state index contributed by atoms with van der Waals surface area (Å²) in [6.07, 6.45) is 0. The first kappa shape index (κ1) is 12.4. The van der Waals surface area contributed by atoms with E-state index in [2.05, 4.69) is 12.1 Å². The molecule has 2 heteroatoms. The minimum atomic E-state index is -0.274. The van der Waals surface area contributed by atoms with Gasteiger partial charge in [0.2, 0.25) is 0 Å². The van der Waals surface area contributed by atoms with Crippen LogP contribution in [0.1, 0.15) is 21.5 Å². The molecule has 0 heterocycles. The number of aryl methyl sites for hydroxylation is 2. The van der Waals surface area contributed by atoms with Crippen molar-refractivity contribution in [2.24, 2.45) is 0 Å². The van der Waals surface area contributed by atoms with Crippen LogP contribution in [0.3, 0.4) is 0 Å². The van der Waals surface area contributed by atoms with Gasteiger partial charge in [0.25, 0.3) is 0 Å². The summed E-state index contributed by atoms with van der Waals surface area (Å²) in [4.78, 5) is 11.7. The molecule has 0 bridgehead atoms. The summed E-state index contributed by atoms with van der Waals surface area (Å²) >= 11 is 0. The highest BCUT2D eigenvalue weighted by Gasteiger charge is 2.13. The Kier molecular flexibility index (Phi) is 3.47. The lowest BCUT2D eigenvalue weighted by Crippen LogP contribution is -2.06. The normalized spacial score (nSPS) is 10.2. The van der Waals surface area contributed by atoms with Crippen LogP contribution in [0.25, 0.3) is 11.1 Å². The van der Waals surface area contributed by atoms with Crippen molar-refractivity contribution in [3.05, 3.63) is 59.2 Å². The predicted molar refractivity (Wildman–Crippen MR) is 72.7 cm³/mol. The fraction of sp³-hybridized carbons (Fsp3) is 0.188. The van der Waals surface area contributed by atoms with E-state index in [1.165, 1.54) is 7.11 Å². The molecule has 0 saturated heterocycles. The second-order valence-electron chi connectivity index (χ2n) is 4.34. The maximum Gasteiger partial charge on any atom is 0.338 e. The van der Waals surface area contributed by atoms with Gasteiger partial charge in [0.05, 0.1) is 12.7 Å². The average molecular weight is 240 g/mol. The Balaban J connectivity index is 2.53. The molecule has 0 radical (unpaired) electrons. The van der Waals surface area contributed by atoms with Crippen LogP contribution < -0.4 is 0 Å². The Bertz CT molecular complexity index is 548. The van der Waals surface area contributed by atoms with E-state index >= 15 is 0 Å². The molecule has 0 amide bonds. The van der Waals surface area contributed by atoms with Crippen molar-refractivity contribution in [1.82, 2.24) is 0 Å².